The zero-order valence-corrected chi connectivity index (χ0v) is 10.9. The summed E-state index contributed by atoms with van der Waals surface area (Å²) in [5.74, 6) is 1.88. The number of anilines is 2. The van der Waals surface area contributed by atoms with Gasteiger partial charge in [0, 0.05) is 6.04 Å². The van der Waals surface area contributed by atoms with Gasteiger partial charge in [0.25, 0.3) is 0 Å². The fourth-order valence-corrected chi connectivity index (χ4v) is 2.57. The molecule has 0 aromatic carbocycles. The first kappa shape index (κ1) is 12.2. The van der Waals surface area contributed by atoms with Crippen LogP contribution in [-0.4, -0.2) is 11.0 Å². The molecular formula is C14H23N3. The van der Waals surface area contributed by atoms with Gasteiger partial charge in [-0.1, -0.05) is 19.8 Å². The Balaban J connectivity index is 2.00. The number of pyridine rings is 1. The summed E-state index contributed by atoms with van der Waals surface area (Å²) >= 11 is 0. The van der Waals surface area contributed by atoms with Crippen molar-refractivity contribution in [3.05, 3.63) is 17.8 Å². The van der Waals surface area contributed by atoms with E-state index in [0.717, 1.165) is 23.0 Å². The molecule has 3 nitrogen and oxygen atoms in total. The van der Waals surface area contributed by atoms with Crippen molar-refractivity contribution in [1.29, 1.82) is 0 Å². The molecule has 3 N–H and O–H groups in total. The van der Waals surface area contributed by atoms with Crippen molar-refractivity contribution in [3.8, 4) is 0 Å². The van der Waals surface area contributed by atoms with Gasteiger partial charge in [0.1, 0.15) is 5.82 Å². The lowest BCUT2D eigenvalue weighted by atomic mass is 10.0. The van der Waals surface area contributed by atoms with E-state index < -0.39 is 0 Å². The van der Waals surface area contributed by atoms with Crippen molar-refractivity contribution < 1.29 is 0 Å². The largest absolute Gasteiger partial charge is 0.397 e. The van der Waals surface area contributed by atoms with Crippen LogP contribution in [0.4, 0.5) is 11.5 Å². The van der Waals surface area contributed by atoms with Gasteiger partial charge in [-0.2, -0.15) is 0 Å². The Kier molecular flexibility index (Phi) is 3.87. The molecule has 17 heavy (non-hydrogen) atoms. The number of aryl methyl sites for hydroxylation is 1. The first-order valence-corrected chi connectivity index (χ1v) is 6.64. The van der Waals surface area contributed by atoms with E-state index in [1.165, 1.54) is 32.1 Å². The Bertz CT molecular complexity index is 376. The molecular weight excluding hydrogens is 210 g/mol. The molecule has 1 aliphatic rings. The van der Waals surface area contributed by atoms with Gasteiger partial charge in [-0.3, -0.25) is 0 Å². The summed E-state index contributed by atoms with van der Waals surface area (Å²) in [5, 5.41) is 3.57. The molecule has 0 amide bonds. The minimum absolute atomic E-state index is 0.578. The number of nitrogens with one attached hydrogen (secondary N) is 1. The van der Waals surface area contributed by atoms with Crippen LogP contribution in [0.15, 0.2) is 12.3 Å². The Morgan fingerprint density at radius 1 is 1.29 bits per heavy atom. The number of rotatable bonds is 2. The van der Waals surface area contributed by atoms with Gasteiger partial charge < -0.3 is 11.1 Å². The van der Waals surface area contributed by atoms with Gasteiger partial charge in [0.05, 0.1) is 11.9 Å². The van der Waals surface area contributed by atoms with E-state index in [1.807, 2.05) is 6.07 Å². The fraction of sp³-hybridized carbons (Fsp3) is 0.643. The van der Waals surface area contributed by atoms with Crippen LogP contribution in [0.3, 0.4) is 0 Å². The van der Waals surface area contributed by atoms with E-state index in [2.05, 4.69) is 24.1 Å². The molecule has 1 aliphatic carbocycles. The first-order valence-electron chi connectivity index (χ1n) is 6.64. The van der Waals surface area contributed by atoms with Gasteiger partial charge in [0.2, 0.25) is 0 Å². The van der Waals surface area contributed by atoms with E-state index in [4.69, 9.17) is 5.73 Å². The molecule has 3 heteroatoms. The molecule has 0 spiro atoms. The highest BCUT2D eigenvalue weighted by atomic mass is 15.0. The Morgan fingerprint density at radius 2 is 2.12 bits per heavy atom. The number of nitrogens with two attached hydrogens (primary N) is 1. The second-order valence-corrected chi connectivity index (χ2v) is 5.39. The van der Waals surface area contributed by atoms with Crippen LogP contribution in [0.25, 0.3) is 0 Å². The van der Waals surface area contributed by atoms with E-state index in [-0.39, 0.29) is 0 Å². The zero-order chi connectivity index (χ0) is 12.3. The SMILES string of the molecule is Cc1cc(N)cnc1NC1CCCC(C)CC1. The van der Waals surface area contributed by atoms with Crippen LogP contribution in [0.2, 0.25) is 0 Å². The highest BCUT2D eigenvalue weighted by Crippen LogP contribution is 2.25. The zero-order valence-electron chi connectivity index (χ0n) is 10.9. The minimum atomic E-state index is 0.578. The van der Waals surface area contributed by atoms with Gasteiger partial charge in [0.15, 0.2) is 0 Å². The van der Waals surface area contributed by atoms with Crippen molar-refractivity contribution in [2.45, 2.75) is 52.0 Å². The number of nitrogens with zero attached hydrogens (tertiary/aromatic N) is 1. The van der Waals surface area contributed by atoms with Crippen molar-refractivity contribution in [2.75, 3.05) is 11.1 Å². The maximum atomic E-state index is 5.71. The van der Waals surface area contributed by atoms with Crippen LogP contribution in [0.5, 0.6) is 0 Å². The lowest BCUT2D eigenvalue weighted by Gasteiger charge is -2.18. The predicted octanol–water partition coefficient (Wildman–Crippen LogP) is 3.35. The first-order chi connectivity index (χ1) is 8.15. The maximum absolute atomic E-state index is 5.71. The topological polar surface area (TPSA) is 50.9 Å². The molecule has 2 atom stereocenters. The van der Waals surface area contributed by atoms with Crippen LogP contribution in [0.1, 0.15) is 44.6 Å². The average Bonchev–Trinajstić information content (AvgIpc) is 2.48. The van der Waals surface area contributed by atoms with Crippen molar-refractivity contribution >= 4 is 11.5 Å². The molecule has 0 saturated heterocycles. The summed E-state index contributed by atoms with van der Waals surface area (Å²) in [4.78, 5) is 4.39. The lowest BCUT2D eigenvalue weighted by molar-refractivity contribution is 0.502. The predicted molar refractivity (Wildman–Crippen MR) is 73.0 cm³/mol. The van der Waals surface area contributed by atoms with E-state index >= 15 is 0 Å². The Labute approximate surface area is 104 Å². The molecule has 0 radical (unpaired) electrons. The molecule has 2 rings (SSSR count). The Morgan fingerprint density at radius 3 is 2.88 bits per heavy atom. The molecule has 1 saturated carbocycles. The van der Waals surface area contributed by atoms with Crippen molar-refractivity contribution in [2.24, 2.45) is 5.92 Å². The molecule has 0 bridgehead atoms. The normalized spacial score (nSPS) is 25.3. The van der Waals surface area contributed by atoms with Gasteiger partial charge in [-0.25, -0.2) is 4.98 Å². The summed E-state index contributed by atoms with van der Waals surface area (Å²) in [7, 11) is 0. The summed E-state index contributed by atoms with van der Waals surface area (Å²) < 4.78 is 0. The van der Waals surface area contributed by atoms with Gasteiger partial charge in [-0.05, 0) is 43.7 Å². The highest BCUT2D eigenvalue weighted by molar-refractivity contribution is 5.51. The second kappa shape index (κ2) is 5.39. The molecule has 1 heterocycles. The van der Waals surface area contributed by atoms with Crippen LogP contribution < -0.4 is 11.1 Å². The number of aromatic nitrogens is 1. The molecule has 1 aromatic heterocycles. The Hall–Kier alpha value is -1.25. The van der Waals surface area contributed by atoms with Gasteiger partial charge in [-0.15, -0.1) is 0 Å². The van der Waals surface area contributed by atoms with Crippen LogP contribution in [0, 0.1) is 12.8 Å². The molecule has 1 fully saturated rings. The summed E-state index contributed by atoms with van der Waals surface area (Å²) in [6, 6.07) is 2.56. The van der Waals surface area contributed by atoms with E-state index in [9.17, 15) is 0 Å². The van der Waals surface area contributed by atoms with Crippen molar-refractivity contribution in [3.63, 3.8) is 0 Å². The molecule has 1 aromatic rings. The maximum Gasteiger partial charge on any atom is 0.129 e. The van der Waals surface area contributed by atoms with E-state index in [1.54, 1.807) is 6.20 Å². The summed E-state index contributed by atoms with van der Waals surface area (Å²) in [5.41, 5.74) is 7.59. The third kappa shape index (κ3) is 3.35. The number of hydrogen-bond donors (Lipinski definition) is 2. The fourth-order valence-electron chi connectivity index (χ4n) is 2.57. The molecule has 94 valence electrons. The van der Waals surface area contributed by atoms with Crippen LogP contribution >= 0.6 is 0 Å². The number of nitrogen functional groups attached to an aromatic ring is 1. The van der Waals surface area contributed by atoms with Crippen LogP contribution in [-0.2, 0) is 0 Å². The summed E-state index contributed by atoms with van der Waals surface area (Å²) in [6.07, 6.45) is 8.27. The summed E-state index contributed by atoms with van der Waals surface area (Å²) in [6.45, 7) is 4.42. The lowest BCUT2D eigenvalue weighted by Crippen LogP contribution is -2.20. The minimum Gasteiger partial charge on any atom is -0.397 e. The highest BCUT2D eigenvalue weighted by Gasteiger charge is 2.16. The third-order valence-electron chi connectivity index (χ3n) is 3.70. The third-order valence-corrected chi connectivity index (χ3v) is 3.70. The van der Waals surface area contributed by atoms with Gasteiger partial charge >= 0.3 is 0 Å². The average molecular weight is 233 g/mol. The molecule has 0 aliphatic heterocycles. The quantitative estimate of drug-likeness (QED) is 0.770. The standard InChI is InChI=1S/C14H23N3/c1-10-4-3-5-13(7-6-10)17-14-11(2)8-12(15)9-16-14/h8-10,13H,3-7,15H2,1-2H3,(H,16,17). The smallest absolute Gasteiger partial charge is 0.129 e. The number of hydrogen-bond acceptors (Lipinski definition) is 3. The van der Waals surface area contributed by atoms with E-state index in [0.29, 0.717) is 6.04 Å². The molecule has 2 unspecified atom stereocenters. The monoisotopic (exact) mass is 233 g/mol. The second-order valence-electron chi connectivity index (χ2n) is 5.39. The van der Waals surface area contributed by atoms with Crippen molar-refractivity contribution in [1.82, 2.24) is 4.98 Å².